The molecule has 0 bridgehead atoms. The molecule has 13 heavy (non-hydrogen) atoms. The molecule has 1 aliphatic carbocycles. The van der Waals surface area contributed by atoms with E-state index in [2.05, 4.69) is 4.98 Å². The van der Waals surface area contributed by atoms with Gasteiger partial charge in [-0.1, -0.05) is 0 Å². The van der Waals surface area contributed by atoms with E-state index in [1.165, 1.54) is 12.3 Å². The number of aromatic carboxylic acids is 1. The lowest BCUT2D eigenvalue weighted by Crippen LogP contribution is -2.11. The number of pyridine rings is 1. The van der Waals surface area contributed by atoms with Gasteiger partial charge in [0.15, 0.2) is 0 Å². The molecule has 2 rings (SSSR count). The molecule has 0 unspecified atom stereocenters. The molecule has 4 heteroatoms. The number of aromatic amines is 1. The molecule has 1 saturated carbocycles. The summed E-state index contributed by atoms with van der Waals surface area (Å²) in [5.41, 5.74) is 0.672. The van der Waals surface area contributed by atoms with Crippen molar-refractivity contribution in [2.75, 3.05) is 0 Å². The van der Waals surface area contributed by atoms with Gasteiger partial charge < -0.3 is 10.1 Å². The molecule has 1 heterocycles. The van der Waals surface area contributed by atoms with Crippen LogP contribution in [0.15, 0.2) is 17.1 Å². The molecule has 0 amide bonds. The Bertz CT molecular complexity index is 404. The fourth-order valence-electron chi connectivity index (χ4n) is 1.40. The first-order valence-electron chi connectivity index (χ1n) is 4.14. The molecule has 4 nitrogen and oxygen atoms in total. The van der Waals surface area contributed by atoms with E-state index in [0.717, 1.165) is 12.8 Å². The van der Waals surface area contributed by atoms with E-state index in [-0.39, 0.29) is 17.0 Å². The van der Waals surface area contributed by atoms with Crippen LogP contribution in [0.2, 0.25) is 0 Å². The van der Waals surface area contributed by atoms with E-state index in [0.29, 0.717) is 5.56 Å². The van der Waals surface area contributed by atoms with Crippen LogP contribution in [0.4, 0.5) is 0 Å². The molecule has 1 fully saturated rings. The number of carbonyl (C=O) groups is 1. The smallest absolute Gasteiger partial charge is 0.337 e. The fourth-order valence-corrected chi connectivity index (χ4v) is 1.40. The summed E-state index contributed by atoms with van der Waals surface area (Å²) in [7, 11) is 0. The molecular formula is C9H9NO3. The van der Waals surface area contributed by atoms with E-state index in [1.807, 2.05) is 0 Å². The van der Waals surface area contributed by atoms with E-state index in [9.17, 15) is 9.59 Å². The molecule has 0 saturated heterocycles. The minimum Gasteiger partial charge on any atom is -0.478 e. The van der Waals surface area contributed by atoms with Crippen molar-refractivity contribution in [3.05, 3.63) is 33.7 Å². The number of rotatable bonds is 2. The number of carboxylic acid groups (broad SMARTS) is 1. The molecule has 0 aromatic carbocycles. The largest absolute Gasteiger partial charge is 0.478 e. The number of hydrogen-bond donors (Lipinski definition) is 2. The van der Waals surface area contributed by atoms with Crippen LogP contribution in [0.25, 0.3) is 0 Å². The number of nitrogens with one attached hydrogen (secondary N) is 1. The molecule has 68 valence electrons. The van der Waals surface area contributed by atoms with Crippen LogP contribution in [0.1, 0.15) is 34.7 Å². The first-order valence-corrected chi connectivity index (χ1v) is 4.14. The molecule has 0 aliphatic heterocycles. The average molecular weight is 179 g/mol. The van der Waals surface area contributed by atoms with Crippen molar-refractivity contribution in [2.45, 2.75) is 18.8 Å². The first-order chi connectivity index (χ1) is 6.18. The lowest BCUT2D eigenvalue weighted by Gasteiger charge is -2.01. The van der Waals surface area contributed by atoms with Gasteiger partial charge >= 0.3 is 5.97 Å². The van der Waals surface area contributed by atoms with Gasteiger partial charge in [-0.25, -0.2) is 4.79 Å². The monoisotopic (exact) mass is 179 g/mol. The second-order valence-corrected chi connectivity index (χ2v) is 3.25. The van der Waals surface area contributed by atoms with Crippen molar-refractivity contribution in [1.82, 2.24) is 4.98 Å². The third-order valence-electron chi connectivity index (χ3n) is 2.20. The number of H-pyrrole nitrogens is 1. The van der Waals surface area contributed by atoms with Gasteiger partial charge in [0.25, 0.3) is 0 Å². The minimum atomic E-state index is -0.974. The normalized spacial score (nSPS) is 15.7. The Morgan fingerprint density at radius 1 is 1.54 bits per heavy atom. The molecule has 1 aliphatic rings. The van der Waals surface area contributed by atoms with Crippen LogP contribution >= 0.6 is 0 Å². The van der Waals surface area contributed by atoms with Gasteiger partial charge in [-0.05, 0) is 24.3 Å². The summed E-state index contributed by atoms with van der Waals surface area (Å²) < 4.78 is 0. The van der Waals surface area contributed by atoms with Crippen molar-refractivity contribution in [2.24, 2.45) is 0 Å². The maximum atomic E-state index is 10.9. The highest BCUT2D eigenvalue weighted by molar-refractivity contribution is 5.89. The molecule has 0 radical (unpaired) electrons. The average Bonchev–Trinajstić information content (AvgIpc) is 2.85. The summed E-state index contributed by atoms with van der Waals surface area (Å²) in [6, 6.07) is 1.39. The molecule has 1 aromatic rings. The Labute approximate surface area is 74.2 Å². The molecule has 0 spiro atoms. The zero-order valence-electron chi connectivity index (χ0n) is 6.91. The van der Waals surface area contributed by atoms with E-state index in [4.69, 9.17) is 5.11 Å². The standard InChI is InChI=1S/C9H9NO3/c11-8-3-6(5-1-2-5)7(4-10-8)9(12)13/h3-5H,1-2H2,(H,10,11)(H,12,13). The molecule has 2 N–H and O–H groups in total. The van der Waals surface area contributed by atoms with E-state index < -0.39 is 5.97 Å². The zero-order valence-corrected chi connectivity index (χ0v) is 6.91. The second-order valence-electron chi connectivity index (χ2n) is 3.25. The topological polar surface area (TPSA) is 70.2 Å². The van der Waals surface area contributed by atoms with Gasteiger partial charge in [0, 0.05) is 12.3 Å². The highest BCUT2D eigenvalue weighted by Gasteiger charge is 2.28. The van der Waals surface area contributed by atoms with Crippen molar-refractivity contribution >= 4 is 5.97 Å². The Hall–Kier alpha value is -1.58. The van der Waals surface area contributed by atoms with Crippen molar-refractivity contribution < 1.29 is 9.90 Å². The number of carboxylic acids is 1. The Kier molecular flexibility index (Phi) is 1.69. The Morgan fingerprint density at radius 3 is 2.77 bits per heavy atom. The predicted octanol–water partition coefficient (Wildman–Crippen LogP) is 0.950. The SMILES string of the molecule is O=C(O)c1c[nH]c(=O)cc1C1CC1. The molecular weight excluding hydrogens is 170 g/mol. The van der Waals surface area contributed by atoms with Gasteiger partial charge in [0.2, 0.25) is 5.56 Å². The maximum absolute atomic E-state index is 10.9. The third kappa shape index (κ3) is 1.47. The number of hydrogen-bond acceptors (Lipinski definition) is 2. The number of aromatic nitrogens is 1. The van der Waals surface area contributed by atoms with Gasteiger partial charge in [-0.15, -0.1) is 0 Å². The van der Waals surface area contributed by atoms with Crippen LogP contribution in [0, 0.1) is 0 Å². The highest BCUT2D eigenvalue weighted by Crippen LogP contribution is 2.40. The summed E-state index contributed by atoms with van der Waals surface area (Å²) in [4.78, 5) is 24.1. The lowest BCUT2D eigenvalue weighted by atomic mass is 10.1. The third-order valence-corrected chi connectivity index (χ3v) is 2.20. The van der Waals surface area contributed by atoms with Crippen molar-refractivity contribution in [1.29, 1.82) is 0 Å². The van der Waals surface area contributed by atoms with Crippen molar-refractivity contribution in [3.8, 4) is 0 Å². The van der Waals surface area contributed by atoms with Crippen LogP contribution < -0.4 is 5.56 Å². The summed E-state index contributed by atoms with van der Waals surface area (Å²) >= 11 is 0. The quantitative estimate of drug-likeness (QED) is 0.710. The zero-order chi connectivity index (χ0) is 9.42. The van der Waals surface area contributed by atoms with E-state index >= 15 is 0 Å². The maximum Gasteiger partial charge on any atom is 0.337 e. The lowest BCUT2D eigenvalue weighted by molar-refractivity contribution is 0.0695. The van der Waals surface area contributed by atoms with Crippen LogP contribution in [0.3, 0.4) is 0 Å². The van der Waals surface area contributed by atoms with Crippen LogP contribution in [-0.4, -0.2) is 16.1 Å². The summed E-state index contributed by atoms with van der Waals surface area (Å²) in [6.07, 6.45) is 3.26. The van der Waals surface area contributed by atoms with Gasteiger partial charge in [0.1, 0.15) is 0 Å². The Balaban J connectivity index is 2.54. The Morgan fingerprint density at radius 2 is 2.23 bits per heavy atom. The minimum absolute atomic E-state index is 0.224. The summed E-state index contributed by atoms with van der Waals surface area (Å²) in [5, 5.41) is 8.81. The van der Waals surface area contributed by atoms with Crippen molar-refractivity contribution in [3.63, 3.8) is 0 Å². The highest BCUT2D eigenvalue weighted by atomic mass is 16.4. The van der Waals surface area contributed by atoms with E-state index in [1.54, 1.807) is 0 Å². The summed E-state index contributed by atoms with van der Waals surface area (Å²) in [5.74, 6) is -0.688. The summed E-state index contributed by atoms with van der Waals surface area (Å²) in [6.45, 7) is 0. The molecule has 1 aromatic heterocycles. The van der Waals surface area contributed by atoms with Crippen LogP contribution in [0.5, 0.6) is 0 Å². The van der Waals surface area contributed by atoms with Crippen LogP contribution in [-0.2, 0) is 0 Å². The van der Waals surface area contributed by atoms with Gasteiger partial charge in [-0.2, -0.15) is 0 Å². The fraction of sp³-hybridized carbons (Fsp3) is 0.333. The first kappa shape index (κ1) is 8.04. The molecule has 0 atom stereocenters. The predicted molar refractivity (Wildman–Crippen MR) is 46.0 cm³/mol. The van der Waals surface area contributed by atoms with Gasteiger partial charge in [-0.3, -0.25) is 4.79 Å². The second kappa shape index (κ2) is 2.73. The van der Waals surface area contributed by atoms with Gasteiger partial charge in [0.05, 0.1) is 5.56 Å².